The van der Waals surface area contributed by atoms with E-state index in [-0.39, 0.29) is 29.4 Å². The van der Waals surface area contributed by atoms with Crippen molar-refractivity contribution in [3.63, 3.8) is 0 Å². The summed E-state index contributed by atoms with van der Waals surface area (Å²) in [6.07, 6.45) is 4.22. The maximum Gasteiger partial charge on any atom is 0.244 e. The smallest absolute Gasteiger partial charge is 0.244 e. The molecule has 0 spiro atoms. The van der Waals surface area contributed by atoms with Crippen LogP contribution in [0.3, 0.4) is 0 Å². The molecule has 1 amide bonds. The third-order valence-electron chi connectivity index (χ3n) is 5.29. The van der Waals surface area contributed by atoms with Crippen LogP contribution in [0.15, 0.2) is 46.5 Å². The highest BCUT2D eigenvalue weighted by atomic mass is 32.2. The Balaban J connectivity index is 1.30. The summed E-state index contributed by atoms with van der Waals surface area (Å²) in [6, 6.07) is 8.62. The Hall–Kier alpha value is -2.30. The Bertz CT molecular complexity index is 1040. The lowest BCUT2D eigenvalue weighted by Crippen LogP contribution is -2.35. The van der Waals surface area contributed by atoms with Gasteiger partial charge in [-0.15, -0.1) is 0 Å². The van der Waals surface area contributed by atoms with E-state index < -0.39 is 10.0 Å². The second-order valence-corrected chi connectivity index (χ2v) is 10.4. The average molecular weight is 464 g/mol. The minimum absolute atomic E-state index is 0.137. The van der Waals surface area contributed by atoms with Crippen molar-refractivity contribution in [2.24, 2.45) is 0 Å². The molecule has 10 heteroatoms. The molecule has 31 heavy (non-hydrogen) atoms. The second-order valence-electron chi connectivity index (χ2n) is 7.49. The SMILES string of the molecule is CC(NC(=O)CSc1ccc(S(=O)(=O)N2CCCCC2)cn1)c1ccc2c(c1)OCO2. The third-order valence-corrected chi connectivity index (χ3v) is 8.11. The Morgan fingerprint density at radius 3 is 2.68 bits per heavy atom. The van der Waals surface area contributed by atoms with Crippen molar-refractivity contribution < 1.29 is 22.7 Å². The number of pyridine rings is 1. The van der Waals surface area contributed by atoms with Crippen LogP contribution in [-0.2, 0) is 14.8 Å². The fraction of sp³-hybridized carbons (Fsp3) is 0.429. The standard InChI is InChI=1S/C21H25N3O5S2/c1-15(16-5-7-18-19(11-16)29-14-28-18)23-20(25)13-30-21-8-6-17(12-22-21)31(26,27)24-9-3-2-4-10-24/h5-8,11-12,15H,2-4,9-10,13-14H2,1H3,(H,23,25). The van der Waals surface area contributed by atoms with Gasteiger partial charge in [-0.2, -0.15) is 4.31 Å². The molecule has 8 nitrogen and oxygen atoms in total. The van der Waals surface area contributed by atoms with E-state index in [4.69, 9.17) is 9.47 Å². The van der Waals surface area contributed by atoms with E-state index in [0.29, 0.717) is 29.6 Å². The normalized spacial score (nSPS) is 17.3. The van der Waals surface area contributed by atoms with Gasteiger partial charge in [-0.3, -0.25) is 4.79 Å². The molecule has 1 N–H and O–H groups in total. The first-order chi connectivity index (χ1) is 14.9. The van der Waals surface area contributed by atoms with Crippen LogP contribution >= 0.6 is 11.8 Å². The highest BCUT2D eigenvalue weighted by Crippen LogP contribution is 2.34. The van der Waals surface area contributed by atoms with E-state index in [1.54, 1.807) is 12.1 Å². The van der Waals surface area contributed by atoms with Crippen LogP contribution in [0.1, 0.15) is 37.8 Å². The summed E-state index contributed by atoms with van der Waals surface area (Å²) in [6.45, 7) is 3.22. The van der Waals surface area contributed by atoms with Gasteiger partial charge in [0.05, 0.1) is 16.8 Å². The van der Waals surface area contributed by atoms with Gasteiger partial charge in [-0.05, 0) is 49.6 Å². The molecule has 3 heterocycles. The number of hydrogen-bond donors (Lipinski definition) is 1. The van der Waals surface area contributed by atoms with Crippen LogP contribution in [0, 0.1) is 0 Å². The van der Waals surface area contributed by atoms with Crippen molar-refractivity contribution in [1.29, 1.82) is 0 Å². The van der Waals surface area contributed by atoms with E-state index in [9.17, 15) is 13.2 Å². The summed E-state index contributed by atoms with van der Waals surface area (Å²) in [5.41, 5.74) is 0.924. The lowest BCUT2D eigenvalue weighted by Gasteiger charge is -2.25. The summed E-state index contributed by atoms with van der Waals surface area (Å²) in [4.78, 5) is 16.8. The van der Waals surface area contributed by atoms with E-state index in [1.165, 1.54) is 22.3 Å². The van der Waals surface area contributed by atoms with Crippen molar-refractivity contribution in [1.82, 2.24) is 14.6 Å². The minimum Gasteiger partial charge on any atom is -0.454 e. The number of carbonyl (C=O) groups excluding carboxylic acids is 1. The molecule has 1 atom stereocenters. The Morgan fingerprint density at radius 2 is 1.94 bits per heavy atom. The molecule has 2 aromatic rings. The molecule has 1 aromatic carbocycles. The molecular weight excluding hydrogens is 438 g/mol. The van der Waals surface area contributed by atoms with Crippen molar-refractivity contribution in [2.75, 3.05) is 25.6 Å². The van der Waals surface area contributed by atoms with Gasteiger partial charge >= 0.3 is 0 Å². The molecule has 1 saturated heterocycles. The molecule has 0 saturated carbocycles. The first-order valence-corrected chi connectivity index (χ1v) is 12.6. The van der Waals surface area contributed by atoms with Gasteiger partial charge in [0, 0.05) is 19.3 Å². The molecule has 4 rings (SSSR count). The summed E-state index contributed by atoms with van der Waals surface area (Å²) in [7, 11) is -3.50. The number of thioether (sulfide) groups is 1. The fourth-order valence-electron chi connectivity index (χ4n) is 3.55. The molecule has 0 radical (unpaired) electrons. The second kappa shape index (κ2) is 9.46. The van der Waals surface area contributed by atoms with Crippen LogP contribution < -0.4 is 14.8 Å². The molecule has 2 aliphatic heterocycles. The first-order valence-electron chi connectivity index (χ1n) is 10.2. The monoisotopic (exact) mass is 463 g/mol. The molecule has 166 valence electrons. The number of nitrogens with one attached hydrogen (secondary N) is 1. The van der Waals surface area contributed by atoms with E-state index >= 15 is 0 Å². The highest BCUT2D eigenvalue weighted by Gasteiger charge is 2.26. The number of amides is 1. The van der Waals surface area contributed by atoms with Gasteiger partial charge in [0.2, 0.25) is 22.7 Å². The van der Waals surface area contributed by atoms with Gasteiger partial charge in [0.25, 0.3) is 0 Å². The Kier molecular flexibility index (Phi) is 6.68. The number of hydrogen-bond acceptors (Lipinski definition) is 7. The number of rotatable bonds is 7. The third kappa shape index (κ3) is 5.13. The largest absolute Gasteiger partial charge is 0.454 e. The van der Waals surface area contributed by atoms with Gasteiger partial charge in [-0.1, -0.05) is 24.2 Å². The predicted octanol–water partition coefficient (Wildman–Crippen LogP) is 2.95. The van der Waals surface area contributed by atoms with Gasteiger partial charge < -0.3 is 14.8 Å². The number of carbonyl (C=O) groups is 1. The summed E-state index contributed by atoms with van der Waals surface area (Å²) in [5.74, 6) is 1.42. The number of piperidine rings is 1. The van der Waals surface area contributed by atoms with Crippen LogP contribution in [-0.4, -0.2) is 49.2 Å². The lowest BCUT2D eigenvalue weighted by atomic mass is 10.1. The molecule has 1 unspecified atom stereocenters. The van der Waals surface area contributed by atoms with Crippen molar-refractivity contribution in [2.45, 2.75) is 42.1 Å². The number of ether oxygens (including phenoxy) is 2. The van der Waals surface area contributed by atoms with E-state index in [0.717, 1.165) is 24.8 Å². The van der Waals surface area contributed by atoms with E-state index in [2.05, 4.69) is 10.3 Å². The number of benzene rings is 1. The topological polar surface area (TPSA) is 97.8 Å². The lowest BCUT2D eigenvalue weighted by molar-refractivity contribution is -0.119. The predicted molar refractivity (Wildman–Crippen MR) is 117 cm³/mol. The number of aromatic nitrogens is 1. The van der Waals surface area contributed by atoms with Crippen LogP contribution in [0.25, 0.3) is 0 Å². The summed E-state index contributed by atoms with van der Waals surface area (Å²) in [5, 5.41) is 3.55. The van der Waals surface area contributed by atoms with Crippen LogP contribution in [0.2, 0.25) is 0 Å². The van der Waals surface area contributed by atoms with Crippen LogP contribution in [0.4, 0.5) is 0 Å². The van der Waals surface area contributed by atoms with Gasteiger partial charge in [-0.25, -0.2) is 13.4 Å². The van der Waals surface area contributed by atoms with E-state index in [1.807, 2.05) is 25.1 Å². The molecule has 1 aromatic heterocycles. The highest BCUT2D eigenvalue weighted by molar-refractivity contribution is 7.99. The molecular formula is C21H25N3O5S2. The maximum atomic E-state index is 12.7. The quantitative estimate of drug-likeness (QED) is 0.631. The zero-order valence-corrected chi connectivity index (χ0v) is 18.9. The zero-order chi connectivity index (χ0) is 21.8. The number of sulfonamides is 1. The zero-order valence-electron chi connectivity index (χ0n) is 17.2. The Labute approximate surface area is 186 Å². The summed E-state index contributed by atoms with van der Waals surface area (Å²) >= 11 is 1.26. The first kappa shape index (κ1) is 21.9. The van der Waals surface area contributed by atoms with Gasteiger partial charge in [0.1, 0.15) is 4.90 Å². The molecule has 1 fully saturated rings. The Morgan fingerprint density at radius 1 is 1.16 bits per heavy atom. The molecule has 0 aliphatic carbocycles. The summed E-state index contributed by atoms with van der Waals surface area (Å²) < 4.78 is 37.6. The minimum atomic E-state index is -3.50. The van der Waals surface area contributed by atoms with Crippen molar-refractivity contribution >= 4 is 27.7 Å². The van der Waals surface area contributed by atoms with Crippen molar-refractivity contribution in [3.05, 3.63) is 42.1 Å². The molecule has 0 bridgehead atoms. The number of nitrogens with zero attached hydrogens (tertiary/aromatic N) is 2. The maximum absolute atomic E-state index is 12.7. The fourth-order valence-corrected chi connectivity index (χ4v) is 5.66. The van der Waals surface area contributed by atoms with Crippen molar-refractivity contribution in [3.8, 4) is 11.5 Å². The number of fused-ring (bicyclic) bond motifs is 1. The average Bonchev–Trinajstić information content (AvgIpc) is 3.26. The van der Waals surface area contributed by atoms with Crippen LogP contribution in [0.5, 0.6) is 11.5 Å². The molecule has 2 aliphatic rings. The van der Waals surface area contributed by atoms with Gasteiger partial charge in [0.15, 0.2) is 11.5 Å².